The molecule has 2 aromatic carbocycles. The number of hydrogen-bond donors (Lipinski definition) is 1. The summed E-state index contributed by atoms with van der Waals surface area (Å²) in [5.41, 5.74) is 3.68. The molecule has 0 saturated carbocycles. The molecule has 0 aliphatic heterocycles. The number of aryl methyl sites for hydroxylation is 2. The Morgan fingerprint density at radius 2 is 1.96 bits per heavy atom. The van der Waals surface area contributed by atoms with Crippen LogP contribution in [0.5, 0.6) is 0 Å². The van der Waals surface area contributed by atoms with Gasteiger partial charge in [-0.3, -0.25) is 14.9 Å². The largest absolute Gasteiger partial charge is 0.345 e. The number of rotatable bonds is 4. The van der Waals surface area contributed by atoms with Crippen LogP contribution in [0.2, 0.25) is 5.02 Å². The van der Waals surface area contributed by atoms with Gasteiger partial charge in [-0.15, -0.1) is 0 Å². The van der Waals surface area contributed by atoms with Crippen LogP contribution in [0.3, 0.4) is 0 Å². The molecule has 0 fully saturated rings. The SMILES string of the molecule is C[C@@H](NC(=O)c1cc([N+](=O)[O-])ccc1Cl)c1ccc2c(c1)CCC2. The third-order valence-corrected chi connectivity index (χ3v) is 4.71. The predicted molar refractivity (Wildman–Crippen MR) is 92.5 cm³/mol. The molecule has 0 spiro atoms. The Kier molecular flexibility index (Phi) is 4.53. The third-order valence-electron chi connectivity index (χ3n) is 4.38. The molecule has 0 bridgehead atoms. The molecule has 0 heterocycles. The Bertz CT molecular complexity index is 820. The van der Waals surface area contributed by atoms with E-state index >= 15 is 0 Å². The maximum Gasteiger partial charge on any atom is 0.270 e. The minimum absolute atomic E-state index is 0.110. The lowest BCUT2D eigenvalue weighted by atomic mass is 10.0. The van der Waals surface area contributed by atoms with E-state index in [9.17, 15) is 14.9 Å². The quantitative estimate of drug-likeness (QED) is 0.666. The minimum atomic E-state index is -0.545. The number of nitrogens with one attached hydrogen (secondary N) is 1. The highest BCUT2D eigenvalue weighted by atomic mass is 35.5. The molecule has 6 heteroatoms. The van der Waals surface area contributed by atoms with Crippen molar-refractivity contribution in [1.29, 1.82) is 0 Å². The second-order valence-electron chi connectivity index (χ2n) is 6.00. The van der Waals surface area contributed by atoms with Crippen molar-refractivity contribution in [3.63, 3.8) is 0 Å². The number of benzene rings is 2. The number of carbonyl (C=O) groups excluding carboxylic acids is 1. The van der Waals surface area contributed by atoms with Gasteiger partial charge in [-0.25, -0.2) is 0 Å². The fraction of sp³-hybridized carbons (Fsp3) is 0.278. The van der Waals surface area contributed by atoms with Crippen molar-refractivity contribution in [2.24, 2.45) is 0 Å². The van der Waals surface area contributed by atoms with Crippen molar-refractivity contribution in [2.45, 2.75) is 32.2 Å². The first-order chi connectivity index (χ1) is 11.5. The van der Waals surface area contributed by atoms with Gasteiger partial charge in [0.2, 0.25) is 0 Å². The average Bonchev–Trinajstić information content (AvgIpc) is 3.02. The molecule has 24 heavy (non-hydrogen) atoms. The van der Waals surface area contributed by atoms with Gasteiger partial charge in [0, 0.05) is 12.1 Å². The van der Waals surface area contributed by atoms with Gasteiger partial charge in [-0.05, 0) is 48.9 Å². The molecule has 0 radical (unpaired) electrons. The maximum absolute atomic E-state index is 12.4. The molecule has 1 aliphatic carbocycles. The Balaban J connectivity index is 1.79. The van der Waals surface area contributed by atoms with Crippen LogP contribution in [0.4, 0.5) is 5.69 Å². The molecule has 3 rings (SSSR count). The molecule has 0 aromatic heterocycles. The van der Waals surface area contributed by atoms with E-state index in [-0.39, 0.29) is 22.3 Å². The van der Waals surface area contributed by atoms with Crippen LogP contribution in [0.15, 0.2) is 36.4 Å². The summed E-state index contributed by atoms with van der Waals surface area (Å²) in [7, 11) is 0. The highest BCUT2D eigenvalue weighted by Crippen LogP contribution is 2.26. The fourth-order valence-electron chi connectivity index (χ4n) is 3.02. The molecule has 1 atom stereocenters. The molecule has 124 valence electrons. The summed E-state index contributed by atoms with van der Waals surface area (Å²) in [6, 6.07) is 9.90. The van der Waals surface area contributed by atoms with Gasteiger partial charge in [0.15, 0.2) is 0 Å². The van der Waals surface area contributed by atoms with E-state index in [2.05, 4.69) is 17.4 Å². The first-order valence-electron chi connectivity index (χ1n) is 7.82. The topological polar surface area (TPSA) is 72.2 Å². The molecule has 5 nitrogen and oxygen atoms in total. The van der Waals surface area contributed by atoms with Crippen molar-refractivity contribution < 1.29 is 9.72 Å². The zero-order chi connectivity index (χ0) is 17.3. The summed E-state index contributed by atoms with van der Waals surface area (Å²) >= 11 is 6.02. The molecule has 2 aromatic rings. The van der Waals surface area contributed by atoms with E-state index in [1.54, 1.807) is 0 Å². The second-order valence-corrected chi connectivity index (χ2v) is 6.41. The van der Waals surface area contributed by atoms with Gasteiger partial charge in [0.25, 0.3) is 11.6 Å². The Labute approximate surface area is 144 Å². The van der Waals surface area contributed by atoms with Crippen LogP contribution in [-0.4, -0.2) is 10.8 Å². The molecular weight excluding hydrogens is 328 g/mol. The third kappa shape index (κ3) is 3.26. The van der Waals surface area contributed by atoms with Crippen molar-refractivity contribution >= 4 is 23.2 Å². The summed E-state index contributed by atoms with van der Waals surface area (Å²) in [6.45, 7) is 1.89. The van der Waals surface area contributed by atoms with Gasteiger partial charge >= 0.3 is 0 Å². The number of fused-ring (bicyclic) bond motifs is 1. The fourth-order valence-corrected chi connectivity index (χ4v) is 3.22. The molecule has 0 saturated heterocycles. The van der Waals surface area contributed by atoms with Gasteiger partial charge in [-0.2, -0.15) is 0 Å². The number of non-ortho nitro benzene ring substituents is 1. The van der Waals surface area contributed by atoms with Crippen molar-refractivity contribution in [3.8, 4) is 0 Å². The zero-order valence-electron chi connectivity index (χ0n) is 13.2. The van der Waals surface area contributed by atoms with E-state index in [0.29, 0.717) is 0 Å². The number of hydrogen-bond acceptors (Lipinski definition) is 3. The van der Waals surface area contributed by atoms with E-state index in [1.165, 1.54) is 35.7 Å². The van der Waals surface area contributed by atoms with Gasteiger partial charge in [0.1, 0.15) is 0 Å². The number of nitro groups is 1. The van der Waals surface area contributed by atoms with Crippen LogP contribution in [0, 0.1) is 10.1 Å². The van der Waals surface area contributed by atoms with Gasteiger partial charge in [0.05, 0.1) is 21.6 Å². The average molecular weight is 345 g/mol. The van der Waals surface area contributed by atoms with E-state index in [0.717, 1.165) is 18.4 Å². The van der Waals surface area contributed by atoms with Gasteiger partial charge < -0.3 is 5.32 Å². The normalized spacial score (nSPS) is 14.1. The smallest absolute Gasteiger partial charge is 0.270 e. The summed E-state index contributed by atoms with van der Waals surface area (Å²) < 4.78 is 0. The van der Waals surface area contributed by atoms with Crippen LogP contribution in [0.25, 0.3) is 0 Å². The zero-order valence-corrected chi connectivity index (χ0v) is 14.0. The summed E-state index contributed by atoms with van der Waals surface area (Å²) in [6.07, 6.45) is 3.35. The van der Waals surface area contributed by atoms with Crippen LogP contribution in [-0.2, 0) is 12.8 Å². The predicted octanol–water partition coefficient (Wildman–Crippen LogP) is 4.23. The number of nitro benzene ring substituents is 1. The first-order valence-corrected chi connectivity index (χ1v) is 8.20. The number of nitrogens with zero attached hydrogens (tertiary/aromatic N) is 1. The maximum atomic E-state index is 12.4. The molecule has 1 aliphatic rings. The standard InChI is InChI=1S/C18H17ClN2O3/c1-11(13-6-5-12-3-2-4-14(12)9-13)20-18(22)16-10-15(21(23)24)7-8-17(16)19/h5-11H,2-4H2,1H3,(H,20,22)/t11-/m1/s1. The highest BCUT2D eigenvalue weighted by Gasteiger charge is 2.19. The summed E-state index contributed by atoms with van der Waals surface area (Å²) in [5, 5.41) is 13.9. The number of carbonyl (C=O) groups is 1. The van der Waals surface area contributed by atoms with Crippen LogP contribution < -0.4 is 5.32 Å². The lowest BCUT2D eigenvalue weighted by Crippen LogP contribution is -2.27. The molecular formula is C18H17ClN2O3. The van der Waals surface area contributed by atoms with E-state index in [4.69, 9.17) is 11.6 Å². The van der Waals surface area contributed by atoms with Crippen molar-refractivity contribution in [2.75, 3.05) is 0 Å². The Morgan fingerprint density at radius 3 is 2.71 bits per heavy atom. The summed E-state index contributed by atoms with van der Waals surface area (Å²) in [5.74, 6) is -0.420. The van der Waals surface area contributed by atoms with Crippen molar-refractivity contribution in [3.05, 3.63) is 73.8 Å². The molecule has 1 amide bonds. The monoisotopic (exact) mass is 344 g/mol. The lowest BCUT2D eigenvalue weighted by Gasteiger charge is -2.16. The first kappa shape index (κ1) is 16.5. The second kappa shape index (κ2) is 6.61. The Hall–Kier alpha value is -2.40. The molecule has 1 N–H and O–H groups in total. The van der Waals surface area contributed by atoms with Gasteiger partial charge in [-0.1, -0.05) is 29.8 Å². The number of halogens is 1. The van der Waals surface area contributed by atoms with Crippen LogP contribution in [0.1, 0.15) is 46.4 Å². The van der Waals surface area contributed by atoms with E-state index < -0.39 is 10.8 Å². The highest BCUT2D eigenvalue weighted by molar-refractivity contribution is 6.33. The van der Waals surface area contributed by atoms with E-state index in [1.807, 2.05) is 13.0 Å². The molecule has 0 unspecified atom stereocenters. The van der Waals surface area contributed by atoms with Crippen molar-refractivity contribution in [1.82, 2.24) is 5.32 Å². The number of amides is 1. The summed E-state index contributed by atoms with van der Waals surface area (Å²) in [4.78, 5) is 22.8. The van der Waals surface area contributed by atoms with Crippen LogP contribution >= 0.6 is 11.6 Å². The Morgan fingerprint density at radius 1 is 1.21 bits per heavy atom. The lowest BCUT2D eigenvalue weighted by molar-refractivity contribution is -0.384. The minimum Gasteiger partial charge on any atom is -0.345 e.